The Kier molecular flexibility index (Phi) is 2.52. The summed E-state index contributed by atoms with van der Waals surface area (Å²) in [6.45, 7) is 4.77. The van der Waals surface area contributed by atoms with E-state index in [9.17, 15) is 4.79 Å². The van der Waals surface area contributed by atoms with E-state index in [0.717, 1.165) is 25.1 Å². The van der Waals surface area contributed by atoms with E-state index < -0.39 is 0 Å². The number of esters is 1. The molecule has 1 aromatic carbocycles. The molecule has 1 saturated carbocycles. The summed E-state index contributed by atoms with van der Waals surface area (Å²) in [7, 11) is 0. The number of benzene rings is 1. The van der Waals surface area contributed by atoms with Crippen LogP contribution in [0.15, 0.2) is 40.9 Å². The molecule has 7 atom stereocenters. The summed E-state index contributed by atoms with van der Waals surface area (Å²) in [5, 5.41) is 0. The van der Waals surface area contributed by atoms with Crippen molar-refractivity contribution in [3.63, 3.8) is 0 Å². The molecule has 4 heteroatoms. The van der Waals surface area contributed by atoms with E-state index >= 15 is 0 Å². The van der Waals surface area contributed by atoms with Gasteiger partial charge in [0, 0.05) is 25.4 Å². The Hall–Kier alpha value is -1.94. The Labute approximate surface area is 147 Å². The predicted octanol–water partition coefficient (Wildman–Crippen LogP) is 2.99. The van der Waals surface area contributed by atoms with E-state index in [1.807, 2.05) is 0 Å². The SMILES string of the molecule is C/C=C1/CN2[C@H]3C[C@@H]1[C@H]1[C@@H](OC(C)=O)[C@@]4(C[C@@H]12)C3=Nc1ccccc14. The van der Waals surface area contributed by atoms with Crippen molar-refractivity contribution in [3.05, 3.63) is 41.5 Å². The molecule has 0 amide bonds. The molecule has 7 rings (SSSR count). The van der Waals surface area contributed by atoms with Crippen molar-refractivity contribution in [1.29, 1.82) is 0 Å². The van der Waals surface area contributed by atoms with Crippen LogP contribution in [0.4, 0.5) is 5.69 Å². The van der Waals surface area contributed by atoms with Crippen molar-refractivity contribution in [1.82, 2.24) is 4.90 Å². The van der Waals surface area contributed by atoms with Gasteiger partial charge in [-0.25, -0.2) is 0 Å². The highest BCUT2D eigenvalue weighted by Gasteiger charge is 2.73. The second-order valence-corrected chi connectivity index (χ2v) is 8.26. The second-order valence-electron chi connectivity index (χ2n) is 8.26. The number of ether oxygens (including phenoxy) is 1. The van der Waals surface area contributed by atoms with Gasteiger partial charge in [0.15, 0.2) is 0 Å². The molecule has 5 bridgehead atoms. The molecule has 1 aliphatic carbocycles. The molecular weight excluding hydrogens is 312 g/mol. The maximum atomic E-state index is 12.0. The first-order valence-corrected chi connectivity index (χ1v) is 9.42. The van der Waals surface area contributed by atoms with Gasteiger partial charge >= 0.3 is 5.97 Å². The van der Waals surface area contributed by atoms with Gasteiger partial charge < -0.3 is 4.74 Å². The van der Waals surface area contributed by atoms with Crippen molar-refractivity contribution < 1.29 is 9.53 Å². The highest BCUT2D eigenvalue weighted by molar-refractivity contribution is 6.08. The van der Waals surface area contributed by atoms with Crippen molar-refractivity contribution in [3.8, 4) is 0 Å². The highest BCUT2D eigenvalue weighted by Crippen LogP contribution is 2.66. The number of nitrogens with zero attached hydrogens (tertiary/aromatic N) is 2. The number of rotatable bonds is 1. The van der Waals surface area contributed by atoms with E-state index in [-0.39, 0.29) is 17.5 Å². The lowest BCUT2D eigenvalue weighted by Gasteiger charge is -2.55. The summed E-state index contributed by atoms with van der Waals surface area (Å²) >= 11 is 0. The van der Waals surface area contributed by atoms with Crippen LogP contribution in [-0.4, -0.2) is 41.3 Å². The fourth-order valence-corrected chi connectivity index (χ4v) is 6.78. The maximum Gasteiger partial charge on any atom is 0.302 e. The van der Waals surface area contributed by atoms with Crippen molar-refractivity contribution in [2.24, 2.45) is 16.8 Å². The molecule has 1 unspecified atom stereocenters. The minimum Gasteiger partial charge on any atom is -0.461 e. The van der Waals surface area contributed by atoms with Crippen molar-refractivity contribution in [2.75, 3.05) is 6.54 Å². The van der Waals surface area contributed by atoms with Gasteiger partial charge in [-0.2, -0.15) is 0 Å². The number of hydrogen-bond donors (Lipinski definition) is 0. The van der Waals surface area contributed by atoms with Crippen LogP contribution in [0.3, 0.4) is 0 Å². The second kappa shape index (κ2) is 4.42. The monoisotopic (exact) mass is 334 g/mol. The molecule has 0 N–H and O–H groups in total. The number of hydrogen-bond acceptors (Lipinski definition) is 4. The third-order valence-corrected chi connectivity index (χ3v) is 7.48. The average molecular weight is 334 g/mol. The normalized spacial score (nSPS) is 46.2. The zero-order chi connectivity index (χ0) is 16.9. The van der Waals surface area contributed by atoms with Gasteiger partial charge in [0.1, 0.15) is 6.10 Å². The molecule has 1 spiro atoms. The van der Waals surface area contributed by atoms with Crippen LogP contribution in [0.25, 0.3) is 0 Å². The van der Waals surface area contributed by atoms with Crippen LogP contribution >= 0.6 is 0 Å². The summed E-state index contributed by atoms with van der Waals surface area (Å²) in [4.78, 5) is 19.8. The van der Waals surface area contributed by atoms with E-state index in [2.05, 4.69) is 42.2 Å². The predicted molar refractivity (Wildman–Crippen MR) is 95.0 cm³/mol. The van der Waals surface area contributed by atoms with E-state index in [0.29, 0.717) is 23.9 Å². The minimum absolute atomic E-state index is 0.0763. The van der Waals surface area contributed by atoms with Crippen molar-refractivity contribution >= 4 is 17.4 Å². The van der Waals surface area contributed by atoms with Gasteiger partial charge in [-0.1, -0.05) is 29.8 Å². The van der Waals surface area contributed by atoms with Crippen LogP contribution in [0, 0.1) is 11.8 Å². The molecule has 4 saturated heterocycles. The summed E-state index contributed by atoms with van der Waals surface area (Å²) < 4.78 is 6.09. The third kappa shape index (κ3) is 1.46. The molecule has 1 aromatic rings. The molecule has 128 valence electrons. The molecule has 6 aliphatic rings. The molecule has 5 heterocycles. The molecule has 5 aliphatic heterocycles. The maximum absolute atomic E-state index is 12.0. The molecule has 0 radical (unpaired) electrons. The number of carbonyl (C=O) groups excluding carboxylic acids is 1. The number of aliphatic imine (C=N–C) groups is 1. The Morgan fingerprint density at radius 1 is 1.40 bits per heavy atom. The van der Waals surface area contributed by atoms with Crippen LogP contribution in [-0.2, 0) is 14.9 Å². The zero-order valence-corrected chi connectivity index (χ0v) is 14.6. The van der Waals surface area contributed by atoms with Crippen LogP contribution in [0.1, 0.15) is 32.3 Å². The van der Waals surface area contributed by atoms with Gasteiger partial charge in [0.2, 0.25) is 0 Å². The van der Waals surface area contributed by atoms with E-state index in [1.165, 1.54) is 16.8 Å². The topological polar surface area (TPSA) is 41.9 Å². The Bertz CT molecular complexity index is 872. The highest BCUT2D eigenvalue weighted by atomic mass is 16.5. The Morgan fingerprint density at radius 2 is 2.24 bits per heavy atom. The number of allylic oxidation sites excluding steroid dienone is 1. The van der Waals surface area contributed by atoms with Crippen molar-refractivity contribution in [2.45, 2.75) is 50.3 Å². The Morgan fingerprint density at radius 3 is 3.04 bits per heavy atom. The fourth-order valence-electron chi connectivity index (χ4n) is 6.78. The van der Waals surface area contributed by atoms with Gasteiger partial charge in [-0.05, 0) is 37.3 Å². The number of fused-ring (bicyclic) bond motifs is 2. The van der Waals surface area contributed by atoms with Crippen LogP contribution in [0.5, 0.6) is 0 Å². The molecule has 0 aromatic heterocycles. The van der Waals surface area contributed by atoms with Gasteiger partial charge in [-0.3, -0.25) is 14.7 Å². The Balaban J connectivity index is 1.62. The summed E-state index contributed by atoms with van der Waals surface area (Å²) in [6, 6.07) is 9.42. The van der Waals surface area contributed by atoms with E-state index in [1.54, 1.807) is 6.92 Å². The van der Waals surface area contributed by atoms with Crippen LogP contribution < -0.4 is 0 Å². The molecular formula is C21H22N2O2. The third-order valence-electron chi connectivity index (χ3n) is 7.48. The zero-order valence-electron chi connectivity index (χ0n) is 14.6. The lowest BCUT2D eigenvalue weighted by atomic mass is 9.66. The lowest BCUT2D eigenvalue weighted by Crippen LogP contribution is -2.64. The van der Waals surface area contributed by atoms with Gasteiger partial charge in [0.05, 0.1) is 22.9 Å². The quantitative estimate of drug-likeness (QED) is 0.586. The first kappa shape index (κ1) is 14.3. The summed E-state index contributed by atoms with van der Waals surface area (Å²) in [6.07, 6.45) is 4.40. The largest absolute Gasteiger partial charge is 0.461 e. The molecule has 25 heavy (non-hydrogen) atoms. The molecule has 5 fully saturated rings. The summed E-state index contributed by atoms with van der Waals surface area (Å²) in [5.41, 5.74) is 5.00. The number of carbonyl (C=O) groups is 1. The molecule has 4 nitrogen and oxygen atoms in total. The summed E-state index contributed by atoms with van der Waals surface area (Å²) in [5.74, 6) is 0.778. The van der Waals surface area contributed by atoms with Gasteiger partial charge in [0.25, 0.3) is 0 Å². The lowest BCUT2D eigenvalue weighted by molar-refractivity contribution is -0.152. The minimum atomic E-state index is -0.184. The standard InChI is InChI=1S/C21H22N2O2/c1-3-12-10-23-16-8-13(12)18-17(23)9-21(20(18)25-11(2)24)14-6-4-5-7-15(14)22-19(16)21/h3-7,13,16-18,20H,8-10H2,1-2H3/b12-3-/t13-,16-,17-,18+,20+,21+/m0/s1. The smallest absolute Gasteiger partial charge is 0.302 e. The number of piperidine rings is 4. The average Bonchev–Trinajstić information content (AvgIpc) is 3.09. The first-order valence-electron chi connectivity index (χ1n) is 9.42. The number of para-hydroxylation sites is 1. The van der Waals surface area contributed by atoms with Gasteiger partial charge in [-0.15, -0.1) is 0 Å². The van der Waals surface area contributed by atoms with E-state index in [4.69, 9.17) is 9.73 Å². The fraction of sp³-hybridized carbons (Fsp3) is 0.524. The first-order chi connectivity index (χ1) is 12.1. The van der Waals surface area contributed by atoms with Crippen LogP contribution in [0.2, 0.25) is 0 Å².